The molecule has 8 nitrogen and oxygen atoms in total. The summed E-state index contributed by atoms with van der Waals surface area (Å²) in [5.41, 5.74) is -7.54. The first-order valence-corrected chi connectivity index (χ1v) is 14.5. The molecule has 1 heterocycles. The molecule has 0 amide bonds. The van der Waals surface area contributed by atoms with Crippen LogP contribution in [0.4, 0.5) is 8.78 Å². The number of nitrogens with zero attached hydrogens (tertiary/aromatic N) is 1. The lowest BCUT2D eigenvalue weighted by Crippen LogP contribution is -2.71. The van der Waals surface area contributed by atoms with Crippen LogP contribution in [-0.2, 0) is 19.1 Å². The number of carbonyl (C=O) groups is 3. The Bertz CT molecular complexity index is 1420. The van der Waals surface area contributed by atoms with Gasteiger partial charge in [0.05, 0.1) is 13.2 Å². The Morgan fingerprint density at radius 2 is 2.00 bits per heavy atom. The van der Waals surface area contributed by atoms with Gasteiger partial charge in [-0.1, -0.05) is 31.5 Å². The normalized spacial score (nSPS) is 40.9. The van der Waals surface area contributed by atoms with Gasteiger partial charge in [0.15, 0.2) is 23.8 Å². The Labute approximate surface area is 244 Å². The van der Waals surface area contributed by atoms with Crippen LogP contribution >= 0.6 is 22.9 Å². The lowest BCUT2D eigenvalue weighted by Gasteiger charge is -2.63. The van der Waals surface area contributed by atoms with Crippen molar-refractivity contribution in [1.29, 1.82) is 5.26 Å². The van der Waals surface area contributed by atoms with Crippen LogP contribution < -0.4 is 4.74 Å². The Hall–Kier alpha value is -2.81. The Balaban J connectivity index is 1.64. The summed E-state index contributed by atoms with van der Waals surface area (Å²) in [6.07, 6.45) is -0.332. The number of esters is 2. The molecular formula is C29H30ClF2NO7S. The number of halogens is 3. The fourth-order valence-electron chi connectivity index (χ4n) is 8.28. The standard InChI is InChI=1S/C29H30ClF2NO7S/c1-14-9-17-18-11-20(31)19-10-15(34)5-6-26(19,2)28(18,32)21(35)12-27(17,3)29(14,25(37)39-8-7-33)40-24(36)16-13-41-23(30)22(16)38-4/h5-6,10,13-14,17-18,20-21,35H,8-9,11-12H2,1-4H3/t14-,17+,18+,20+,21+,26+,27+,28+,29-/m1/s1. The topological polar surface area (TPSA) is 123 Å². The van der Waals surface area contributed by atoms with Gasteiger partial charge in [0.2, 0.25) is 5.60 Å². The number of methoxy groups -OCH3 is 1. The molecule has 1 aromatic heterocycles. The predicted octanol–water partition coefficient (Wildman–Crippen LogP) is 4.94. The predicted molar refractivity (Wildman–Crippen MR) is 144 cm³/mol. The van der Waals surface area contributed by atoms with Crippen molar-refractivity contribution >= 4 is 40.7 Å². The summed E-state index contributed by atoms with van der Waals surface area (Å²) in [5, 5.41) is 22.2. The van der Waals surface area contributed by atoms with E-state index in [0.717, 1.165) is 17.4 Å². The molecule has 41 heavy (non-hydrogen) atoms. The highest BCUT2D eigenvalue weighted by molar-refractivity contribution is 7.15. The Kier molecular flexibility index (Phi) is 7.16. The molecule has 1 aromatic rings. The van der Waals surface area contributed by atoms with Gasteiger partial charge < -0.3 is 19.3 Å². The third kappa shape index (κ3) is 3.79. The first kappa shape index (κ1) is 29.7. The molecule has 3 fully saturated rings. The quantitative estimate of drug-likeness (QED) is 0.466. The van der Waals surface area contributed by atoms with Gasteiger partial charge in [-0.25, -0.2) is 18.4 Å². The number of allylic oxidation sites excluding steroid dienone is 4. The van der Waals surface area contributed by atoms with Crippen molar-refractivity contribution in [1.82, 2.24) is 0 Å². The van der Waals surface area contributed by atoms with E-state index in [-0.39, 0.29) is 40.5 Å². The zero-order chi connectivity index (χ0) is 30.1. The zero-order valence-electron chi connectivity index (χ0n) is 22.9. The van der Waals surface area contributed by atoms with Gasteiger partial charge in [-0.15, -0.1) is 11.3 Å². The van der Waals surface area contributed by atoms with Gasteiger partial charge in [0, 0.05) is 28.0 Å². The van der Waals surface area contributed by atoms with Gasteiger partial charge in [0.25, 0.3) is 0 Å². The molecule has 4 aliphatic rings. The van der Waals surface area contributed by atoms with E-state index < -0.39 is 76.5 Å². The minimum Gasteiger partial charge on any atom is -0.493 e. The second kappa shape index (κ2) is 9.89. The zero-order valence-corrected chi connectivity index (χ0v) is 24.5. The molecular weight excluding hydrogens is 580 g/mol. The number of ether oxygens (including phenoxy) is 3. The van der Waals surface area contributed by atoms with E-state index in [1.165, 1.54) is 31.6 Å². The highest BCUT2D eigenvalue weighted by atomic mass is 35.5. The molecule has 3 saturated carbocycles. The number of hydrogen-bond acceptors (Lipinski definition) is 9. The molecule has 0 spiro atoms. The smallest absolute Gasteiger partial charge is 0.352 e. The SMILES string of the molecule is COc1c(C(=O)O[C@@]2(C(=O)OCC#N)[C@H](C)C[C@H]3[C@@H]4C[C@H](F)C5=CC(=O)C=C[C@]5(C)[C@@]4(F)[C@@H](O)C[C@@]32C)csc1Cl. The lowest BCUT2D eigenvalue weighted by molar-refractivity contribution is -0.230. The summed E-state index contributed by atoms with van der Waals surface area (Å²) >= 11 is 7.18. The van der Waals surface area contributed by atoms with Gasteiger partial charge in [-0.05, 0) is 49.8 Å². The molecule has 9 atom stereocenters. The van der Waals surface area contributed by atoms with Crippen molar-refractivity contribution in [3.05, 3.63) is 39.1 Å². The van der Waals surface area contributed by atoms with Crippen LogP contribution in [0.3, 0.4) is 0 Å². The number of hydrogen-bond donors (Lipinski definition) is 1. The molecule has 1 N–H and O–H groups in total. The van der Waals surface area contributed by atoms with Crippen molar-refractivity contribution in [2.45, 2.75) is 63.6 Å². The van der Waals surface area contributed by atoms with E-state index in [2.05, 4.69) is 0 Å². The van der Waals surface area contributed by atoms with Crippen LogP contribution in [0, 0.1) is 39.9 Å². The largest absolute Gasteiger partial charge is 0.493 e. The van der Waals surface area contributed by atoms with E-state index >= 15 is 8.78 Å². The molecule has 0 radical (unpaired) electrons. The summed E-state index contributed by atoms with van der Waals surface area (Å²) in [7, 11) is 1.32. The van der Waals surface area contributed by atoms with E-state index in [1.807, 2.05) is 0 Å². The van der Waals surface area contributed by atoms with Crippen molar-refractivity contribution in [2.75, 3.05) is 13.7 Å². The third-order valence-corrected chi connectivity index (χ3v) is 11.3. The van der Waals surface area contributed by atoms with Gasteiger partial charge >= 0.3 is 11.9 Å². The summed E-state index contributed by atoms with van der Waals surface area (Å²) < 4.78 is 50.1. The fraction of sp³-hybridized carbons (Fsp3) is 0.586. The first-order chi connectivity index (χ1) is 19.2. The van der Waals surface area contributed by atoms with Crippen molar-refractivity contribution < 1.29 is 42.5 Å². The van der Waals surface area contributed by atoms with E-state index in [9.17, 15) is 19.5 Å². The molecule has 12 heteroatoms. The van der Waals surface area contributed by atoms with Crippen LogP contribution in [0.5, 0.6) is 5.75 Å². The third-order valence-electron chi connectivity index (χ3n) is 10.1. The van der Waals surface area contributed by atoms with Crippen molar-refractivity contribution in [3.8, 4) is 11.8 Å². The molecule has 0 aromatic carbocycles. The second-order valence-corrected chi connectivity index (χ2v) is 13.3. The maximum absolute atomic E-state index is 17.5. The number of rotatable bonds is 5. The van der Waals surface area contributed by atoms with Gasteiger partial charge in [-0.3, -0.25) is 4.79 Å². The van der Waals surface area contributed by atoms with E-state index in [0.29, 0.717) is 0 Å². The number of nitriles is 1. The van der Waals surface area contributed by atoms with Crippen LogP contribution in [0.1, 0.15) is 50.4 Å². The summed E-state index contributed by atoms with van der Waals surface area (Å²) in [4.78, 5) is 39.6. The van der Waals surface area contributed by atoms with Crippen LogP contribution in [0.25, 0.3) is 0 Å². The number of thiophene rings is 1. The number of carbonyl (C=O) groups excluding carboxylic acids is 3. The van der Waals surface area contributed by atoms with E-state index in [1.54, 1.807) is 19.9 Å². The second-order valence-electron chi connectivity index (χ2n) is 11.8. The number of fused-ring (bicyclic) bond motifs is 5. The molecule has 0 saturated heterocycles. The Morgan fingerprint density at radius 1 is 1.29 bits per heavy atom. The average Bonchev–Trinajstić information content (AvgIpc) is 3.40. The maximum Gasteiger partial charge on any atom is 0.352 e. The summed E-state index contributed by atoms with van der Waals surface area (Å²) in [6, 6.07) is 1.73. The highest BCUT2D eigenvalue weighted by Crippen LogP contribution is 2.71. The van der Waals surface area contributed by atoms with Crippen molar-refractivity contribution in [3.63, 3.8) is 0 Å². The molecule has 0 bridgehead atoms. The van der Waals surface area contributed by atoms with Crippen molar-refractivity contribution in [2.24, 2.45) is 28.6 Å². The van der Waals surface area contributed by atoms with Gasteiger partial charge in [0.1, 0.15) is 22.1 Å². The van der Waals surface area contributed by atoms with Crippen LogP contribution in [-0.4, -0.2) is 60.1 Å². The number of ketones is 1. The summed E-state index contributed by atoms with van der Waals surface area (Å²) in [6.45, 7) is 4.11. The molecule has 220 valence electrons. The minimum atomic E-state index is -2.39. The molecule has 5 rings (SSSR count). The van der Waals surface area contributed by atoms with Gasteiger partial charge in [-0.2, -0.15) is 5.26 Å². The number of aliphatic hydroxyl groups is 1. The number of aliphatic hydroxyl groups excluding tert-OH is 1. The van der Waals surface area contributed by atoms with E-state index in [4.69, 9.17) is 31.1 Å². The number of alkyl halides is 2. The fourth-order valence-corrected chi connectivity index (χ4v) is 9.32. The highest BCUT2D eigenvalue weighted by Gasteiger charge is 2.78. The minimum absolute atomic E-state index is 0.0231. The average molecular weight is 610 g/mol. The first-order valence-electron chi connectivity index (χ1n) is 13.3. The monoisotopic (exact) mass is 609 g/mol. The lowest BCUT2D eigenvalue weighted by atomic mass is 9.44. The molecule has 0 aliphatic heterocycles. The maximum atomic E-state index is 17.5. The summed E-state index contributed by atoms with van der Waals surface area (Å²) in [5.74, 6) is -4.98. The molecule has 4 aliphatic carbocycles. The molecule has 0 unspecified atom stereocenters. The van der Waals surface area contributed by atoms with Crippen LogP contribution in [0.15, 0.2) is 29.2 Å². The van der Waals surface area contributed by atoms with Crippen LogP contribution in [0.2, 0.25) is 4.34 Å². The Morgan fingerprint density at radius 3 is 2.66 bits per heavy atom.